The summed E-state index contributed by atoms with van der Waals surface area (Å²) in [6.07, 6.45) is 2.44. The first-order valence-corrected chi connectivity index (χ1v) is 12.6. The minimum absolute atomic E-state index is 0.0545. The molecule has 0 saturated carbocycles. The van der Waals surface area contributed by atoms with Crippen LogP contribution in [-0.4, -0.2) is 44.8 Å². The second-order valence-electron chi connectivity index (χ2n) is 8.10. The molecule has 3 rings (SSSR count). The lowest BCUT2D eigenvalue weighted by molar-refractivity contribution is -0.142. The third kappa shape index (κ3) is 7.87. The molecule has 206 valence electrons. The molecule has 0 atom stereocenters. The van der Waals surface area contributed by atoms with Gasteiger partial charge in [0, 0.05) is 16.5 Å². The van der Waals surface area contributed by atoms with E-state index in [1.165, 1.54) is 42.7 Å². The average Bonchev–Trinajstić information content (AvgIpc) is 3.22. The second kappa shape index (κ2) is 13.5. The maximum Gasteiger partial charge on any atom is 0.387 e. The molecule has 1 heterocycles. The normalized spacial score (nSPS) is 10.9. The minimum atomic E-state index is -3.01. The lowest BCUT2D eigenvalue weighted by atomic mass is 10.0. The molecule has 8 nitrogen and oxygen atoms in total. The number of hydrogen-bond acceptors (Lipinski definition) is 8. The smallest absolute Gasteiger partial charge is 0.387 e. The van der Waals surface area contributed by atoms with Crippen molar-refractivity contribution in [3.63, 3.8) is 0 Å². The number of carbonyl (C=O) groups is 3. The van der Waals surface area contributed by atoms with Crippen LogP contribution < -0.4 is 14.8 Å². The molecular weight excluding hydrogens is 532 g/mol. The fourth-order valence-corrected chi connectivity index (χ4v) is 4.67. The average molecular weight is 560 g/mol. The Hall–Kier alpha value is -4.25. The van der Waals surface area contributed by atoms with E-state index in [4.69, 9.17) is 14.2 Å². The number of anilines is 1. The summed E-state index contributed by atoms with van der Waals surface area (Å²) >= 11 is 1.22. The SMILES string of the molecule is CCOC(=O)c1c(NC(=O)COC(=O)/C=C/c2ccc(OC(F)F)c(OC)c2)sc(C)c1-c1ccc(C)cc1. The second-order valence-corrected chi connectivity index (χ2v) is 9.33. The lowest BCUT2D eigenvalue weighted by Crippen LogP contribution is -2.21. The molecular formula is C28H27F2NO7S. The number of nitrogens with one attached hydrogen (secondary N) is 1. The Bertz CT molecular complexity index is 1370. The van der Waals surface area contributed by atoms with Gasteiger partial charge in [0.25, 0.3) is 5.91 Å². The summed E-state index contributed by atoms with van der Waals surface area (Å²) in [5.74, 6) is -2.13. The first-order chi connectivity index (χ1) is 18.6. The lowest BCUT2D eigenvalue weighted by Gasteiger charge is -2.10. The molecule has 0 aliphatic rings. The number of hydrogen-bond donors (Lipinski definition) is 1. The van der Waals surface area contributed by atoms with Crippen LogP contribution in [-0.2, 0) is 19.1 Å². The van der Waals surface area contributed by atoms with E-state index in [1.54, 1.807) is 6.92 Å². The van der Waals surface area contributed by atoms with Crippen molar-refractivity contribution in [3.8, 4) is 22.6 Å². The zero-order valence-electron chi connectivity index (χ0n) is 21.7. The maximum absolute atomic E-state index is 12.8. The van der Waals surface area contributed by atoms with Gasteiger partial charge in [0.15, 0.2) is 18.1 Å². The third-order valence-corrected chi connectivity index (χ3v) is 6.34. The highest BCUT2D eigenvalue weighted by atomic mass is 32.1. The Labute approximate surface area is 228 Å². The molecule has 0 aliphatic heterocycles. The van der Waals surface area contributed by atoms with Crippen LogP contribution in [0.4, 0.5) is 13.8 Å². The zero-order valence-corrected chi connectivity index (χ0v) is 22.5. The van der Waals surface area contributed by atoms with E-state index in [2.05, 4.69) is 10.1 Å². The van der Waals surface area contributed by atoms with Crippen LogP contribution in [0.5, 0.6) is 11.5 Å². The third-order valence-electron chi connectivity index (χ3n) is 5.32. The Kier molecular flexibility index (Phi) is 10.2. The molecule has 0 aliphatic carbocycles. The number of esters is 2. The zero-order chi connectivity index (χ0) is 28.5. The van der Waals surface area contributed by atoms with Crippen molar-refractivity contribution in [2.45, 2.75) is 27.4 Å². The molecule has 0 saturated heterocycles. The predicted octanol–water partition coefficient (Wildman–Crippen LogP) is 6.01. The van der Waals surface area contributed by atoms with E-state index in [-0.39, 0.29) is 28.7 Å². The number of thiophene rings is 1. The van der Waals surface area contributed by atoms with Crippen LogP contribution in [0, 0.1) is 13.8 Å². The predicted molar refractivity (Wildman–Crippen MR) is 143 cm³/mol. The first-order valence-electron chi connectivity index (χ1n) is 11.8. The number of alkyl halides is 2. The quantitative estimate of drug-likeness (QED) is 0.227. The van der Waals surface area contributed by atoms with Crippen molar-refractivity contribution in [3.05, 3.63) is 70.1 Å². The standard InChI is InChI=1S/C28H27F2NO7S/c1-5-36-27(34)25-24(19-10-6-16(2)7-11-19)17(3)39-26(25)31-22(32)15-37-23(33)13-9-18-8-12-20(38-28(29)30)21(14-18)35-4/h6-14,28H,5,15H2,1-4H3,(H,31,32)/b13-9+. The molecule has 0 fully saturated rings. The molecule has 1 aromatic heterocycles. The van der Waals surface area contributed by atoms with Gasteiger partial charge in [0.05, 0.1) is 13.7 Å². The number of methoxy groups -OCH3 is 1. The number of carbonyl (C=O) groups excluding carboxylic acids is 3. The molecule has 1 amide bonds. The summed E-state index contributed by atoms with van der Waals surface area (Å²) in [7, 11) is 1.29. The van der Waals surface area contributed by atoms with Gasteiger partial charge >= 0.3 is 18.6 Å². The Morgan fingerprint density at radius 2 is 1.74 bits per heavy atom. The molecule has 1 N–H and O–H groups in total. The number of benzene rings is 2. The highest BCUT2D eigenvalue weighted by Crippen LogP contribution is 2.40. The Morgan fingerprint density at radius 1 is 1.03 bits per heavy atom. The van der Waals surface area contributed by atoms with Crippen molar-refractivity contribution in [2.24, 2.45) is 0 Å². The van der Waals surface area contributed by atoms with E-state index in [0.29, 0.717) is 11.1 Å². The Balaban J connectivity index is 1.68. The molecule has 2 aromatic carbocycles. The monoisotopic (exact) mass is 559 g/mol. The maximum atomic E-state index is 12.8. The molecule has 39 heavy (non-hydrogen) atoms. The molecule has 0 unspecified atom stereocenters. The minimum Gasteiger partial charge on any atom is -0.493 e. The van der Waals surface area contributed by atoms with E-state index < -0.39 is 31.1 Å². The van der Waals surface area contributed by atoms with Gasteiger partial charge in [-0.3, -0.25) is 4.79 Å². The van der Waals surface area contributed by atoms with Crippen molar-refractivity contribution in [1.82, 2.24) is 0 Å². The van der Waals surface area contributed by atoms with Gasteiger partial charge in [-0.25, -0.2) is 9.59 Å². The van der Waals surface area contributed by atoms with Crippen LogP contribution in [0.25, 0.3) is 17.2 Å². The van der Waals surface area contributed by atoms with Gasteiger partial charge in [0.1, 0.15) is 10.6 Å². The van der Waals surface area contributed by atoms with E-state index in [9.17, 15) is 23.2 Å². The summed E-state index contributed by atoms with van der Waals surface area (Å²) in [5, 5.41) is 2.93. The molecule has 11 heteroatoms. The highest BCUT2D eigenvalue weighted by molar-refractivity contribution is 7.17. The van der Waals surface area contributed by atoms with Gasteiger partial charge in [-0.2, -0.15) is 8.78 Å². The van der Waals surface area contributed by atoms with Gasteiger partial charge < -0.3 is 24.3 Å². The summed E-state index contributed by atoms with van der Waals surface area (Å²) in [6.45, 7) is 2.03. The fraction of sp³-hybridized carbons (Fsp3) is 0.250. The summed E-state index contributed by atoms with van der Waals surface area (Å²) in [6, 6.07) is 11.7. The summed E-state index contributed by atoms with van der Waals surface area (Å²) < 4.78 is 44.6. The van der Waals surface area contributed by atoms with Crippen molar-refractivity contribution in [2.75, 3.05) is 25.6 Å². The van der Waals surface area contributed by atoms with Crippen LogP contribution in [0.15, 0.2) is 48.5 Å². The van der Waals surface area contributed by atoms with E-state index in [1.807, 2.05) is 38.1 Å². The topological polar surface area (TPSA) is 100 Å². The summed E-state index contributed by atoms with van der Waals surface area (Å²) in [4.78, 5) is 38.4. The Morgan fingerprint density at radius 3 is 2.38 bits per heavy atom. The number of aryl methyl sites for hydroxylation is 2. The van der Waals surface area contributed by atoms with Gasteiger partial charge in [-0.15, -0.1) is 11.3 Å². The number of amides is 1. The molecule has 0 radical (unpaired) electrons. The van der Waals surface area contributed by atoms with Crippen LogP contribution in [0.3, 0.4) is 0 Å². The van der Waals surface area contributed by atoms with Gasteiger partial charge in [0.2, 0.25) is 0 Å². The van der Waals surface area contributed by atoms with Crippen LogP contribution in [0.2, 0.25) is 0 Å². The highest BCUT2D eigenvalue weighted by Gasteiger charge is 2.25. The van der Waals surface area contributed by atoms with E-state index >= 15 is 0 Å². The van der Waals surface area contributed by atoms with Crippen molar-refractivity contribution >= 4 is 40.3 Å². The van der Waals surface area contributed by atoms with Crippen molar-refractivity contribution in [1.29, 1.82) is 0 Å². The number of rotatable bonds is 11. The van der Waals surface area contributed by atoms with E-state index in [0.717, 1.165) is 22.1 Å². The van der Waals surface area contributed by atoms with Gasteiger partial charge in [-0.1, -0.05) is 35.9 Å². The first kappa shape index (κ1) is 29.3. The number of ether oxygens (including phenoxy) is 4. The van der Waals surface area contributed by atoms with Crippen LogP contribution >= 0.6 is 11.3 Å². The van der Waals surface area contributed by atoms with Gasteiger partial charge in [-0.05, 0) is 50.1 Å². The number of halogens is 2. The molecule has 0 bridgehead atoms. The molecule has 3 aromatic rings. The fourth-order valence-electron chi connectivity index (χ4n) is 3.59. The van der Waals surface area contributed by atoms with Crippen LogP contribution in [0.1, 0.15) is 33.3 Å². The molecule has 0 spiro atoms. The largest absolute Gasteiger partial charge is 0.493 e. The van der Waals surface area contributed by atoms with Crippen molar-refractivity contribution < 1.29 is 42.1 Å². The summed E-state index contributed by atoms with van der Waals surface area (Å²) in [5.41, 5.74) is 3.21.